The van der Waals surface area contributed by atoms with E-state index in [-0.39, 0.29) is 25.0 Å². The van der Waals surface area contributed by atoms with Gasteiger partial charge in [0.25, 0.3) is 5.91 Å². The van der Waals surface area contributed by atoms with Gasteiger partial charge in [-0.05, 0) is 38.1 Å². The molecule has 1 aromatic heterocycles. The third-order valence-electron chi connectivity index (χ3n) is 4.02. The number of amides is 1. The maximum atomic E-state index is 12.7. The van der Waals surface area contributed by atoms with Crippen molar-refractivity contribution in [2.45, 2.75) is 32.5 Å². The highest BCUT2D eigenvalue weighted by molar-refractivity contribution is 7.13. The van der Waals surface area contributed by atoms with Gasteiger partial charge >= 0.3 is 5.97 Å². The first-order chi connectivity index (χ1) is 12.9. The van der Waals surface area contributed by atoms with Gasteiger partial charge in [0, 0.05) is 24.0 Å². The van der Waals surface area contributed by atoms with Crippen molar-refractivity contribution >= 4 is 23.2 Å². The minimum atomic E-state index is -0.935. The van der Waals surface area contributed by atoms with Crippen LogP contribution in [0.15, 0.2) is 29.6 Å². The number of carbonyl (C=O) groups excluding carboxylic acids is 1. The molecule has 1 aliphatic heterocycles. The van der Waals surface area contributed by atoms with Gasteiger partial charge in [-0.1, -0.05) is 0 Å². The van der Waals surface area contributed by atoms with Gasteiger partial charge in [0.1, 0.15) is 16.5 Å². The largest absolute Gasteiger partial charge is 0.491 e. The van der Waals surface area contributed by atoms with Crippen LogP contribution in [-0.4, -0.2) is 58.8 Å². The summed E-state index contributed by atoms with van der Waals surface area (Å²) in [6.07, 6.45) is -0.484. The highest BCUT2D eigenvalue weighted by Gasteiger charge is 2.27. The molecule has 7 nitrogen and oxygen atoms in total. The normalized spacial score (nSPS) is 17.1. The standard InChI is InChI=1S/C19H22N2O5S/c1-12(2)26-14-5-3-13(4-6-14)18-20-16(11-27-18)19(24)21-7-8-25-15(10-21)9-17(22)23/h3-6,11-12,15H,7-10H2,1-2H3,(H,22,23). The number of aliphatic carboxylic acids is 1. The van der Waals surface area contributed by atoms with E-state index in [1.165, 1.54) is 11.3 Å². The van der Waals surface area contributed by atoms with E-state index in [1.807, 2.05) is 38.1 Å². The highest BCUT2D eigenvalue weighted by atomic mass is 32.1. The molecule has 27 heavy (non-hydrogen) atoms. The van der Waals surface area contributed by atoms with Gasteiger partial charge in [0.15, 0.2) is 0 Å². The average Bonchev–Trinajstić information content (AvgIpc) is 3.11. The molecule has 1 atom stereocenters. The van der Waals surface area contributed by atoms with Crippen LogP contribution in [0, 0.1) is 0 Å². The van der Waals surface area contributed by atoms with Crippen LogP contribution in [-0.2, 0) is 9.53 Å². The number of thiazole rings is 1. The molecular formula is C19H22N2O5S. The predicted octanol–water partition coefficient (Wildman–Crippen LogP) is 2.91. The van der Waals surface area contributed by atoms with Crippen LogP contribution >= 0.6 is 11.3 Å². The molecule has 144 valence electrons. The van der Waals surface area contributed by atoms with Crippen molar-refractivity contribution in [3.05, 3.63) is 35.3 Å². The Bertz CT molecular complexity index is 803. The van der Waals surface area contributed by atoms with Gasteiger partial charge in [0.2, 0.25) is 0 Å². The first kappa shape index (κ1) is 19.3. The van der Waals surface area contributed by atoms with Gasteiger partial charge in [-0.25, -0.2) is 4.98 Å². The van der Waals surface area contributed by atoms with Crippen LogP contribution in [0.1, 0.15) is 30.8 Å². The molecule has 1 N–H and O–H groups in total. The molecular weight excluding hydrogens is 368 g/mol. The summed E-state index contributed by atoms with van der Waals surface area (Å²) < 4.78 is 11.0. The van der Waals surface area contributed by atoms with Crippen molar-refractivity contribution < 1.29 is 24.2 Å². The topological polar surface area (TPSA) is 89.0 Å². The summed E-state index contributed by atoms with van der Waals surface area (Å²) in [6, 6.07) is 7.61. The van der Waals surface area contributed by atoms with Gasteiger partial charge in [-0.15, -0.1) is 11.3 Å². The van der Waals surface area contributed by atoms with Gasteiger partial charge < -0.3 is 19.5 Å². The lowest BCUT2D eigenvalue weighted by molar-refractivity contribution is -0.141. The van der Waals surface area contributed by atoms with E-state index in [0.717, 1.165) is 16.3 Å². The molecule has 1 fully saturated rings. The van der Waals surface area contributed by atoms with Gasteiger partial charge in [0.05, 0.1) is 25.2 Å². The number of benzene rings is 1. The quantitative estimate of drug-likeness (QED) is 0.816. The van der Waals surface area contributed by atoms with Crippen molar-refractivity contribution in [2.75, 3.05) is 19.7 Å². The number of nitrogens with zero attached hydrogens (tertiary/aromatic N) is 2. The summed E-state index contributed by atoms with van der Waals surface area (Å²) in [5.74, 6) is -0.342. The van der Waals surface area contributed by atoms with Crippen LogP contribution < -0.4 is 4.74 Å². The average molecular weight is 390 g/mol. The fraction of sp³-hybridized carbons (Fsp3) is 0.421. The summed E-state index contributed by atoms with van der Waals surface area (Å²) in [5, 5.41) is 11.4. The molecule has 8 heteroatoms. The molecule has 3 rings (SSSR count). The van der Waals surface area contributed by atoms with Gasteiger partial charge in [-0.2, -0.15) is 0 Å². The van der Waals surface area contributed by atoms with E-state index >= 15 is 0 Å². The van der Waals surface area contributed by atoms with Gasteiger partial charge in [-0.3, -0.25) is 9.59 Å². The first-order valence-corrected chi connectivity index (χ1v) is 9.65. The Morgan fingerprint density at radius 2 is 2.11 bits per heavy atom. The monoisotopic (exact) mass is 390 g/mol. The van der Waals surface area contributed by atoms with E-state index in [4.69, 9.17) is 14.6 Å². The number of ether oxygens (including phenoxy) is 2. The molecule has 2 heterocycles. The maximum absolute atomic E-state index is 12.7. The number of carboxylic acids is 1. The van der Waals surface area contributed by atoms with Crippen LogP contribution in [0.4, 0.5) is 0 Å². The Balaban J connectivity index is 1.67. The van der Waals surface area contributed by atoms with Crippen molar-refractivity contribution in [3.8, 4) is 16.3 Å². The second-order valence-corrected chi connectivity index (χ2v) is 7.43. The van der Waals surface area contributed by atoms with E-state index in [0.29, 0.717) is 18.8 Å². The molecule has 0 radical (unpaired) electrons. The molecule has 1 saturated heterocycles. The summed E-state index contributed by atoms with van der Waals surface area (Å²) in [5.41, 5.74) is 1.29. The number of hydrogen-bond acceptors (Lipinski definition) is 6. The molecule has 2 aromatic rings. The second-order valence-electron chi connectivity index (χ2n) is 6.57. The third kappa shape index (κ3) is 5.05. The summed E-state index contributed by atoms with van der Waals surface area (Å²) in [4.78, 5) is 29.6. The number of rotatable bonds is 6. The zero-order valence-electron chi connectivity index (χ0n) is 15.3. The zero-order chi connectivity index (χ0) is 19.4. The second kappa shape index (κ2) is 8.49. The molecule has 0 spiro atoms. The Morgan fingerprint density at radius 3 is 2.78 bits per heavy atom. The lowest BCUT2D eigenvalue weighted by Gasteiger charge is -2.31. The Kier molecular flexibility index (Phi) is 6.08. The van der Waals surface area contributed by atoms with Crippen LogP contribution in [0.2, 0.25) is 0 Å². The van der Waals surface area contributed by atoms with E-state index in [9.17, 15) is 9.59 Å². The minimum Gasteiger partial charge on any atom is -0.491 e. The molecule has 1 unspecified atom stereocenters. The zero-order valence-corrected chi connectivity index (χ0v) is 16.1. The van der Waals surface area contributed by atoms with Crippen molar-refractivity contribution in [3.63, 3.8) is 0 Å². The predicted molar refractivity (Wildman–Crippen MR) is 101 cm³/mol. The molecule has 1 amide bonds. The fourth-order valence-electron chi connectivity index (χ4n) is 2.84. The SMILES string of the molecule is CC(C)Oc1ccc(-c2nc(C(=O)N3CCOC(CC(=O)O)C3)cs2)cc1. The van der Waals surface area contributed by atoms with Crippen LogP contribution in [0.3, 0.4) is 0 Å². The van der Waals surface area contributed by atoms with Crippen molar-refractivity contribution in [1.82, 2.24) is 9.88 Å². The molecule has 0 bridgehead atoms. The smallest absolute Gasteiger partial charge is 0.306 e. The highest BCUT2D eigenvalue weighted by Crippen LogP contribution is 2.27. The number of carboxylic acid groups (broad SMARTS) is 1. The molecule has 0 saturated carbocycles. The maximum Gasteiger partial charge on any atom is 0.306 e. The number of morpholine rings is 1. The lowest BCUT2D eigenvalue weighted by Crippen LogP contribution is -2.46. The number of hydrogen-bond donors (Lipinski definition) is 1. The van der Waals surface area contributed by atoms with Crippen LogP contribution in [0.5, 0.6) is 5.75 Å². The molecule has 0 aliphatic carbocycles. The Hall–Kier alpha value is -2.45. The summed E-state index contributed by atoms with van der Waals surface area (Å²) in [7, 11) is 0. The van der Waals surface area contributed by atoms with Crippen molar-refractivity contribution in [2.24, 2.45) is 0 Å². The van der Waals surface area contributed by atoms with E-state index in [1.54, 1.807) is 10.3 Å². The van der Waals surface area contributed by atoms with Crippen LogP contribution in [0.25, 0.3) is 10.6 Å². The minimum absolute atomic E-state index is 0.110. The Morgan fingerprint density at radius 1 is 1.37 bits per heavy atom. The summed E-state index contributed by atoms with van der Waals surface area (Å²) >= 11 is 1.40. The molecule has 1 aliphatic rings. The fourth-order valence-corrected chi connectivity index (χ4v) is 3.64. The molecule has 1 aromatic carbocycles. The van der Waals surface area contributed by atoms with E-state index in [2.05, 4.69) is 4.98 Å². The number of aromatic nitrogens is 1. The number of carbonyl (C=O) groups is 2. The van der Waals surface area contributed by atoms with E-state index < -0.39 is 12.1 Å². The third-order valence-corrected chi connectivity index (χ3v) is 4.92. The van der Waals surface area contributed by atoms with Crippen molar-refractivity contribution in [1.29, 1.82) is 0 Å². The summed E-state index contributed by atoms with van der Waals surface area (Å²) in [6.45, 7) is 4.97. The Labute approximate surface area is 161 Å². The first-order valence-electron chi connectivity index (χ1n) is 8.77. The lowest BCUT2D eigenvalue weighted by atomic mass is 10.2.